The molecule has 0 spiro atoms. The first kappa shape index (κ1) is 13.7. The molecule has 2 aromatic carbocycles. The zero-order valence-electron chi connectivity index (χ0n) is 10.7. The highest BCUT2D eigenvalue weighted by Crippen LogP contribution is 2.37. The predicted molar refractivity (Wildman–Crippen MR) is 85.6 cm³/mol. The van der Waals surface area contributed by atoms with Gasteiger partial charge in [-0.2, -0.15) is 0 Å². The van der Waals surface area contributed by atoms with Crippen molar-refractivity contribution < 1.29 is 4.79 Å². The first-order chi connectivity index (χ1) is 9.63. The number of amides is 1. The minimum Gasteiger partial charge on any atom is -0.325 e. The largest absolute Gasteiger partial charge is 0.325 e. The number of carbonyl (C=O) groups excluding carboxylic acids is 1. The fourth-order valence-electron chi connectivity index (χ4n) is 2.44. The molecular formula is C16H13BrClNO. The summed E-state index contributed by atoms with van der Waals surface area (Å²) in [5.74, 6) is 0.0300. The standard InChI is InChI=1S/C16H13BrClNO/c17-13(6-10-4-2-1-3-5-10)12-7-11-8-16(20)19-15(11)9-14(12)18/h1-5,7,9,13H,6,8H2,(H,19,20). The summed E-state index contributed by atoms with van der Waals surface area (Å²) >= 11 is 10.0. The average Bonchev–Trinajstić information content (AvgIpc) is 2.78. The van der Waals surface area contributed by atoms with Gasteiger partial charge in [-0.05, 0) is 29.2 Å². The number of fused-ring (bicyclic) bond motifs is 1. The highest BCUT2D eigenvalue weighted by Gasteiger charge is 2.22. The molecule has 20 heavy (non-hydrogen) atoms. The van der Waals surface area contributed by atoms with Crippen LogP contribution in [0.4, 0.5) is 5.69 Å². The topological polar surface area (TPSA) is 29.1 Å². The molecule has 1 unspecified atom stereocenters. The molecule has 0 fully saturated rings. The predicted octanol–water partition coefficient (Wildman–Crippen LogP) is 4.51. The molecule has 1 aliphatic rings. The summed E-state index contributed by atoms with van der Waals surface area (Å²) < 4.78 is 0. The number of hydrogen-bond donors (Lipinski definition) is 1. The van der Waals surface area contributed by atoms with E-state index in [4.69, 9.17) is 11.6 Å². The molecule has 1 heterocycles. The Morgan fingerprint density at radius 3 is 2.75 bits per heavy atom. The van der Waals surface area contributed by atoms with Crippen LogP contribution in [-0.2, 0) is 17.6 Å². The Morgan fingerprint density at radius 2 is 2.00 bits per heavy atom. The maximum Gasteiger partial charge on any atom is 0.228 e. The lowest BCUT2D eigenvalue weighted by Crippen LogP contribution is -2.03. The van der Waals surface area contributed by atoms with E-state index in [1.807, 2.05) is 30.3 Å². The van der Waals surface area contributed by atoms with Crippen molar-refractivity contribution in [1.29, 1.82) is 0 Å². The number of benzene rings is 2. The second kappa shape index (κ2) is 5.58. The third-order valence-electron chi connectivity index (χ3n) is 3.44. The Morgan fingerprint density at radius 1 is 1.25 bits per heavy atom. The van der Waals surface area contributed by atoms with Crippen LogP contribution in [0.3, 0.4) is 0 Å². The van der Waals surface area contributed by atoms with E-state index in [0.29, 0.717) is 11.4 Å². The van der Waals surface area contributed by atoms with E-state index >= 15 is 0 Å². The minimum atomic E-state index is 0.0300. The number of anilines is 1. The van der Waals surface area contributed by atoms with Crippen LogP contribution in [0.1, 0.15) is 21.5 Å². The minimum absolute atomic E-state index is 0.0300. The lowest BCUT2D eigenvalue weighted by Gasteiger charge is -2.14. The number of halogens is 2. The average molecular weight is 351 g/mol. The van der Waals surface area contributed by atoms with E-state index in [1.165, 1.54) is 5.56 Å². The number of hydrogen-bond acceptors (Lipinski definition) is 1. The van der Waals surface area contributed by atoms with Crippen LogP contribution in [0.15, 0.2) is 42.5 Å². The maximum atomic E-state index is 11.4. The Bertz CT molecular complexity index is 657. The summed E-state index contributed by atoms with van der Waals surface area (Å²) in [5.41, 5.74) is 4.14. The molecule has 102 valence electrons. The molecule has 2 nitrogen and oxygen atoms in total. The molecule has 1 atom stereocenters. The van der Waals surface area contributed by atoms with Crippen LogP contribution in [0.2, 0.25) is 5.02 Å². The lowest BCUT2D eigenvalue weighted by atomic mass is 10.0. The van der Waals surface area contributed by atoms with Gasteiger partial charge in [0.2, 0.25) is 5.91 Å². The number of carbonyl (C=O) groups is 1. The lowest BCUT2D eigenvalue weighted by molar-refractivity contribution is -0.115. The summed E-state index contributed by atoms with van der Waals surface area (Å²) in [7, 11) is 0. The highest BCUT2D eigenvalue weighted by molar-refractivity contribution is 9.09. The van der Waals surface area contributed by atoms with E-state index in [9.17, 15) is 4.79 Å². The quantitative estimate of drug-likeness (QED) is 0.811. The second-order valence-electron chi connectivity index (χ2n) is 4.91. The van der Waals surface area contributed by atoms with Crippen molar-refractivity contribution in [3.05, 3.63) is 64.2 Å². The molecule has 0 saturated heterocycles. The molecule has 0 aromatic heterocycles. The normalized spacial score (nSPS) is 14.8. The van der Waals surface area contributed by atoms with Crippen LogP contribution in [0.5, 0.6) is 0 Å². The van der Waals surface area contributed by atoms with Crippen LogP contribution in [-0.4, -0.2) is 5.91 Å². The monoisotopic (exact) mass is 349 g/mol. The summed E-state index contributed by atoms with van der Waals surface area (Å²) in [4.78, 5) is 11.6. The van der Waals surface area contributed by atoms with Gasteiger partial charge >= 0.3 is 0 Å². The summed E-state index contributed by atoms with van der Waals surface area (Å²) in [6.07, 6.45) is 1.30. The smallest absolute Gasteiger partial charge is 0.228 e. The fraction of sp³-hybridized carbons (Fsp3) is 0.188. The van der Waals surface area contributed by atoms with E-state index in [1.54, 1.807) is 0 Å². The Balaban J connectivity index is 1.87. The molecule has 0 bridgehead atoms. The fourth-order valence-corrected chi connectivity index (χ4v) is 3.62. The molecule has 0 radical (unpaired) electrons. The van der Waals surface area contributed by atoms with Gasteiger partial charge in [0, 0.05) is 15.5 Å². The van der Waals surface area contributed by atoms with E-state index in [-0.39, 0.29) is 10.7 Å². The van der Waals surface area contributed by atoms with Crippen molar-refractivity contribution in [2.24, 2.45) is 0 Å². The van der Waals surface area contributed by atoms with Crippen molar-refractivity contribution in [2.75, 3.05) is 5.32 Å². The molecule has 1 amide bonds. The summed E-state index contributed by atoms with van der Waals surface area (Å²) in [5, 5.41) is 3.50. The third-order valence-corrected chi connectivity index (χ3v) is 4.59. The van der Waals surface area contributed by atoms with Crippen molar-refractivity contribution in [3.63, 3.8) is 0 Å². The summed E-state index contributed by atoms with van der Waals surface area (Å²) in [6.45, 7) is 0. The number of alkyl halides is 1. The molecule has 2 aromatic rings. The van der Waals surface area contributed by atoms with Gasteiger partial charge in [0.05, 0.1) is 6.42 Å². The first-order valence-electron chi connectivity index (χ1n) is 6.43. The van der Waals surface area contributed by atoms with Gasteiger partial charge in [0.25, 0.3) is 0 Å². The van der Waals surface area contributed by atoms with Gasteiger partial charge in [-0.1, -0.05) is 63.9 Å². The SMILES string of the molecule is O=C1Cc2cc(C(Br)Cc3ccccc3)c(Cl)cc2N1. The first-order valence-corrected chi connectivity index (χ1v) is 7.73. The van der Waals surface area contributed by atoms with Crippen molar-refractivity contribution >= 4 is 39.1 Å². The third kappa shape index (κ3) is 2.74. The molecule has 1 aliphatic heterocycles. The van der Waals surface area contributed by atoms with Crippen LogP contribution < -0.4 is 5.32 Å². The van der Waals surface area contributed by atoms with Crippen LogP contribution in [0, 0.1) is 0 Å². The highest BCUT2D eigenvalue weighted by atomic mass is 79.9. The van der Waals surface area contributed by atoms with Gasteiger partial charge in [0.1, 0.15) is 0 Å². The zero-order chi connectivity index (χ0) is 14.1. The maximum absolute atomic E-state index is 11.4. The number of rotatable bonds is 3. The Hall–Kier alpha value is -1.32. The van der Waals surface area contributed by atoms with Gasteiger partial charge in [-0.15, -0.1) is 0 Å². The van der Waals surface area contributed by atoms with Crippen molar-refractivity contribution in [3.8, 4) is 0 Å². The molecule has 1 N–H and O–H groups in total. The molecule has 3 rings (SSSR count). The van der Waals surface area contributed by atoms with E-state index in [2.05, 4.69) is 33.4 Å². The number of nitrogens with one attached hydrogen (secondary N) is 1. The Labute approximate surface area is 131 Å². The second-order valence-corrected chi connectivity index (χ2v) is 6.43. The molecule has 0 aliphatic carbocycles. The van der Waals surface area contributed by atoms with Crippen molar-refractivity contribution in [1.82, 2.24) is 0 Å². The van der Waals surface area contributed by atoms with Gasteiger partial charge < -0.3 is 5.32 Å². The van der Waals surface area contributed by atoms with Gasteiger partial charge in [-0.25, -0.2) is 0 Å². The van der Waals surface area contributed by atoms with Gasteiger partial charge in [0.15, 0.2) is 0 Å². The van der Waals surface area contributed by atoms with Crippen LogP contribution in [0.25, 0.3) is 0 Å². The molecular weight excluding hydrogens is 338 g/mol. The summed E-state index contributed by atoms with van der Waals surface area (Å²) in [6, 6.07) is 14.1. The Kier molecular flexibility index (Phi) is 3.81. The molecule has 0 saturated carbocycles. The van der Waals surface area contributed by atoms with Crippen molar-refractivity contribution in [2.45, 2.75) is 17.7 Å². The van der Waals surface area contributed by atoms with E-state index in [0.717, 1.165) is 23.2 Å². The van der Waals surface area contributed by atoms with Gasteiger partial charge in [-0.3, -0.25) is 4.79 Å². The molecule has 4 heteroatoms. The van der Waals surface area contributed by atoms with Crippen LogP contribution >= 0.6 is 27.5 Å². The van der Waals surface area contributed by atoms with E-state index < -0.39 is 0 Å². The zero-order valence-corrected chi connectivity index (χ0v) is 13.0.